The summed E-state index contributed by atoms with van der Waals surface area (Å²) in [7, 11) is -3.29. The van der Waals surface area contributed by atoms with Crippen molar-refractivity contribution in [3.63, 3.8) is 0 Å². The van der Waals surface area contributed by atoms with Crippen LogP contribution in [0.1, 0.15) is 45.4 Å². The highest BCUT2D eigenvalue weighted by molar-refractivity contribution is 7.88. The van der Waals surface area contributed by atoms with Gasteiger partial charge in [-0.3, -0.25) is 4.79 Å². The first-order valence-corrected chi connectivity index (χ1v) is 9.03. The highest BCUT2D eigenvalue weighted by Crippen LogP contribution is 2.25. The van der Waals surface area contributed by atoms with Crippen LogP contribution in [0, 0.1) is 0 Å². The van der Waals surface area contributed by atoms with E-state index in [0.29, 0.717) is 13.0 Å². The highest BCUT2D eigenvalue weighted by Gasteiger charge is 2.38. The maximum Gasteiger partial charge on any atom is 0.241 e. The molecule has 0 aromatic rings. The number of sulfonamides is 1. The fraction of sp³-hybridized carbons (Fsp3) is 0.923. The smallest absolute Gasteiger partial charge is 0.241 e. The number of carbonyl (C=O) groups is 1. The van der Waals surface area contributed by atoms with Gasteiger partial charge in [-0.2, -0.15) is 4.31 Å². The Morgan fingerprint density at radius 1 is 1.05 bits per heavy atom. The molecule has 0 saturated carbocycles. The van der Waals surface area contributed by atoms with Gasteiger partial charge in [-0.25, -0.2) is 8.42 Å². The number of amides is 1. The second kappa shape index (κ2) is 5.79. The van der Waals surface area contributed by atoms with E-state index in [9.17, 15) is 13.2 Å². The molecule has 0 radical (unpaired) electrons. The molecule has 0 bridgehead atoms. The quantitative estimate of drug-likeness (QED) is 0.767. The average molecular weight is 288 g/mol. The van der Waals surface area contributed by atoms with E-state index in [1.54, 1.807) is 0 Å². The number of rotatable bonds is 2. The van der Waals surface area contributed by atoms with Crippen molar-refractivity contribution in [1.82, 2.24) is 9.21 Å². The lowest BCUT2D eigenvalue weighted by Crippen LogP contribution is -2.55. The Balaban J connectivity index is 2.15. The SMILES string of the molecule is C[C@H]1CCCCN1C(=O)[C@H]1CCCCN1S(C)(=O)=O. The lowest BCUT2D eigenvalue weighted by atomic mass is 9.99. The topological polar surface area (TPSA) is 57.7 Å². The van der Waals surface area contributed by atoms with Gasteiger partial charge in [0, 0.05) is 19.1 Å². The van der Waals surface area contributed by atoms with E-state index >= 15 is 0 Å². The first-order valence-electron chi connectivity index (χ1n) is 7.18. The van der Waals surface area contributed by atoms with Crippen molar-refractivity contribution in [2.24, 2.45) is 0 Å². The van der Waals surface area contributed by atoms with Gasteiger partial charge in [0.2, 0.25) is 15.9 Å². The molecule has 0 spiro atoms. The Morgan fingerprint density at radius 2 is 1.68 bits per heavy atom. The Bertz CT molecular complexity index is 435. The molecular weight excluding hydrogens is 264 g/mol. The highest BCUT2D eigenvalue weighted by atomic mass is 32.2. The zero-order valence-corrected chi connectivity index (χ0v) is 12.7. The van der Waals surface area contributed by atoms with E-state index in [-0.39, 0.29) is 11.9 Å². The third-order valence-corrected chi connectivity index (χ3v) is 5.54. The minimum absolute atomic E-state index is 0.0114. The molecule has 2 fully saturated rings. The molecule has 1 amide bonds. The van der Waals surface area contributed by atoms with Gasteiger partial charge in [0.05, 0.1) is 6.26 Å². The fourth-order valence-corrected chi connectivity index (χ4v) is 4.28. The van der Waals surface area contributed by atoms with E-state index < -0.39 is 16.1 Å². The average Bonchev–Trinajstić information content (AvgIpc) is 2.37. The zero-order valence-electron chi connectivity index (χ0n) is 11.8. The van der Waals surface area contributed by atoms with Crippen molar-refractivity contribution in [3.05, 3.63) is 0 Å². The van der Waals surface area contributed by atoms with E-state index in [1.165, 1.54) is 10.6 Å². The Hall–Kier alpha value is -0.620. The van der Waals surface area contributed by atoms with E-state index in [1.807, 2.05) is 4.90 Å². The second-order valence-electron chi connectivity index (χ2n) is 5.76. The normalized spacial score (nSPS) is 30.3. The van der Waals surface area contributed by atoms with Gasteiger partial charge in [0.15, 0.2) is 0 Å². The van der Waals surface area contributed by atoms with Gasteiger partial charge in [-0.1, -0.05) is 6.42 Å². The molecule has 2 aliphatic rings. The van der Waals surface area contributed by atoms with Crippen LogP contribution in [0.2, 0.25) is 0 Å². The number of hydrogen-bond acceptors (Lipinski definition) is 3. The van der Waals surface area contributed by atoms with E-state index in [4.69, 9.17) is 0 Å². The summed E-state index contributed by atoms with van der Waals surface area (Å²) in [6.07, 6.45) is 6.87. The third kappa shape index (κ3) is 3.28. The van der Waals surface area contributed by atoms with Crippen LogP contribution >= 0.6 is 0 Å². The predicted molar refractivity (Wildman–Crippen MR) is 74.2 cm³/mol. The van der Waals surface area contributed by atoms with E-state index in [2.05, 4.69) is 6.92 Å². The van der Waals surface area contributed by atoms with Crippen LogP contribution in [0.15, 0.2) is 0 Å². The monoisotopic (exact) mass is 288 g/mol. The van der Waals surface area contributed by atoms with Crippen LogP contribution in [-0.4, -0.2) is 55.0 Å². The van der Waals surface area contributed by atoms with Crippen LogP contribution in [0.4, 0.5) is 0 Å². The maximum absolute atomic E-state index is 12.6. The van der Waals surface area contributed by atoms with Crippen molar-refractivity contribution in [2.45, 2.75) is 57.5 Å². The molecule has 19 heavy (non-hydrogen) atoms. The summed E-state index contributed by atoms with van der Waals surface area (Å²) in [5.41, 5.74) is 0. The Kier molecular flexibility index (Phi) is 4.50. The summed E-state index contributed by atoms with van der Waals surface area (Å²) >= 11 is 0. The lowest BCUT2D eigenvalue weighted by molar-refractivity contribution is -0.139. The zero-order chi connectivity index (χ0) is 14.0. The summed E-state index contributed by atoms with van der Waals surface area (Å²) in [5, 5.41) is 0. The fourth-order valence-electron chi connectivity index (χ4n) is 3.17. The molecule has 110 valence electrons. The van der Waals surface area contributed by atoms with Crippen LogP contribution in [0.25, 0.3) is 0 Å². The van der Waals surface area contributed by atoms with Gasteiger partial charge >= 0.3 is 0 Å². The molecule has 0 N–H and O–H groups in total. The van der Waals surface area contributed by atoms with Gasteiger partial charge in [-0.15, -0.1) is 0 Å². The summed E-state index contributed by atoms with van der Waals surface area (Å²) in [4.78, 5) is 14.5. The number of nitrogens with zero attached hydrogens (tertiary/aromatic N) is 2. The van der Waals surface area contributed by atoms with Gasteiger partial charge in [-0.05, 0) is 39.0 Å². The molecule has 2 atom stereocenters. The van der Waals surface area contributed by atoms with Crippen LogP contribution in [0.5, 0.6) is 0 Å². The molecule has 2 aliphatic heterocycles. The van der Waals surface area contributed by atoms with Crippen molar-refractivity contribution in [2.75, 3.05) is 19.3 Å². The number of hydrogen-bond donors (Lipinski definition) is 0. The van der Waals surface area contributed by atoms with Gasteiger partial charge in [0.1, 0.15) is 6.04 Å². The first kappa shape index (κ1) is 14.8. The second-order valence-corrected chi connectivity index (χ2v) is 7.70. The van der Waals surface area contributed by atoms with Crippen molar-refractivity contribution in [3.8, 4) is 0 Å². The maximum atomic E-state index is 12.6. The minimum Gasteiger partial charge on any atom is -0.339 e. The van der Waals surface area contributed by atoms with Gasteiger partial charge < -0.3 is 4.90 Å². The van der Waals surface area contributed by atoms with Crippen LogP contribution < -0.4 is 0 Å². The molecule has 0 unspecified atom stereocenters. The first-order chi connectivity index (χ1) is 8.91. The number of piperidine rings is 2. The third-order valence-electron chi connectivity index (χ3n) is 4.25. The van der Waals surface area contributed by atoms with Crippen molar-refractivity contribution >= 4 is 15.9 Å². The summed E-state index contributed by atoms with van der Waals surface area (Å²) in [6.45, 7) is 3.32. The molecule has 0 aromatic carbocycles. The van der Waals surface area contributed by atoms with Crippen molar-refractivity contribution < 1.29 is 13.2 Å². The number of likely N-dealkylation sites (tertiary alicyclic amines) is 1. The molecule has 2 heterocycles. The van der Waals surface area contributed by atoms with Crippen LogP contribution in [0.3, 0.4) is 0 Å². The van der Waals surface area contributed by atoms with Crippen LogP contribution in [-0.2, 0) is 14.8 Å². The molecule has 2 saturated heterocycles. The molecular formula is C13H24N2O3S. The Labute approximate surface area is 116 Å². The summed E-state index contributed by atoms with van der Waals surface area (Å²) in [6, 6.07) is -0.228. The predicted octanol–water partition coefficient (Wildman–Crippen LogP) is 1.20. The standard InChI is InChI=1S/C13H24N2O3S/c1-11-7-3-5-9-14(11)13(16)12-8-4-6-10-15(12)19(2,17)18/h11-12H,3-10H2,1-2H3/t11-,12+/m0/s1. The summed E-state index contributed by atoms with van der Waals surface area (Å²) < 4.78 is 25.0. The molecule has 6 heteroatoms. The van der Waals surface area contributed by atoms with Gasteiger partial charge in [0.25, 0.3) is 0 Å². The summed E-state index contributed by atoms with van der Waals surface area (Å²) in [5.74, 6) is 0.0114. The lowest BCUT2D eigenvalue weighted by Gasteiger charge is -2.40. The molecule has 5 nitrogen and oxygen atoms in total. The Morgan fingerprint density at radius 3 is 2.32 bits per heavy atom. The molecule has 0 aliphatic carbocycles. The van der Waals surface area contributed by atoms with E-state index in [0.717, 1.165) is 38.6 Å². The largest absolute Gasteiger partial charge is 0.339 e. The minimum atomic E-state index is -3.29. The number of carbonyl (C=O) groups excluding carboxylic acids is 1. The molecule has 0 aromatic heterocycles. The molecule has 2 rings (SSSR count). The van der Waals surface area contributed by atoms with Crippen molar-refractivity contribution in [1.29, 1.82) is 0 Å².